The largest absolute Gasteiger partial charge is 0.508 e. The highest BCUT2D eigenvalue weighted by Crippen LogP contribution is 2.51. The number of fused-ring (bicyclic) bond motifs is 1. The number of phenolic OH excluding ortho intramolecular Hbond substituents is 1. The van der Waals surface area contributed by atoms with Gasteiger partial charge in [-0.25, -0.2) is 0 Å². The maximum Gasteiger partial charge on any atom is 0.260 e. The SMILES string of the molecule is O=C1c2ccccc2C(c2ccc(O)cc2)(c2ccc(OCC3CO3)cc2)N1c1ccccc1. The van der Waals surface area contributed by atoms with Crippen molar-refractivity contribution in [2.45, 2.75) is 11.6 Å². The van der Waals surface area contributed by atoms with Crippen LogP contribution in [0.25, 0.3) is 0 Å². The molecule has 2 heterocycles. The molecule has 1 fully saturated rings. The van der Waals surface area contributed by atoms with Crippen molar-refractivity contribution >= 4 is 11.6 Å². The molecule has 0 spiro atoms. The third-order valence-electron chi connectivity index (χ3n) is 6.50. The number of anilines is 1. The minimum absolute atomic E-state index is 0.0684. The first-order valence-electron chi connectivity index (χ1n) is 11.3. The Balaban J connectivity index is 1.58. The molecule has 5 nitrogen and oxygen atoms in total. The Kier molecular flexibility index (Phi) is 4.85. The second-order valence-corrected chi connectivity index (χ2v) is 8.57. The summed E-state index contributed by atoms with van der Waals surface area (Å²) in [6.07, 6.45) is 0.177. The molecule has 1 N–H and O–H groups in total. The first-order chi connectivity index (χ1) is 16.7. The lowest BCUT2D eigenvalue weighted by atomic mass is 9.76. The predicted molar refractivity (Wildman–Crippen MR) is 129 cm³/mol. The zero-order chi connectivity index (χ0) is 23.1. The van der Waals surface area contributed by atoms with Gasteiger partial charge < -0.3 is 14.6 Å². The van der Waals surface area contributed by atoms with Gasteiger partial charge in [-0.3, -0.25) is 9.69 Å². The number of amides is 1. The van der Waals surface area contributed by atoms with Crippen molar-refractivity contribution in [2.75, 3.05) is 18.1 Å². The van der Waals surface area contributed by atoms with Crippen LogP contribution in [0.1, 0.15) is 27.0 Å². The molecule has 2 aliphatic heterocycles. The molecule has 0 saturated carbocycles. The van der Waals surface area contributed by atoms with Gasteiger partial charge in [0.15, 0.2) is 0 Å². The van der Waals surface area contributed by atoms with Crippen LogP contribution in [0.4, 0.5) is 5.69 Å². The van der Waals surface area contributed by atoms with E-state index >= 15 is 0 Å². The molecule has 2 atom stereocenters. The summed E-state index contributed by atoms with van der Waals surface area (Å²) in [5.41, 5.74) is 3.24. The molecule has 0 aliphatic carbocycles. The van der Waals surface area contributed by atoms with Gasteiger partial charge in [0.05, 0.1) is 6.61 Å². The molecule has 0 bridgehead atoms. The number of carbonyl (C=O) groups is 1. The van der Waals surface area contributed by atoms with Crippen molar-refractivity contribution in [1.82, 2.24) is 0 Å². The first kappa shape index (κ1) is 20.5. The molecule has 2 unspecified atom stereocenters. The van der Waals surface area contributed by atoms with Crippen LogP contribution in [0.2, 0.25) is 0 Å². The lowest BCUT2D eigenvalue weighted by molar-refractivity contribution is 0.0986. The van der Waals surface area contributed by atoms with Crippen LogP contribution in [-0.2, 0) is 10.3 Å². The topological polar surface area (TPSA) is 62.3 Å². The molecule has 34 heavy (non-hydrogen) atoms. The van der Waals surface area contributed by atoms with Gasteiger partial charge in [-0.15, -0.1) is 0 Å². The quantitative estimate of drug-likeness (QED) is 0.415. The minimum Gasteiger partial charge on any atom is -0.508 e. The van der Waals surface area contributed by atoms with Crippen molar-refractivity contribution in [2.24, 2.45) is 0 Å². The molecule has 168 valence electrons. The third kappa shape index (κ3) is 3.25. The molecule has 4 aromatic carbocycles. The van der Waals surface area contributed by atoms with Crippen molar-refractivity contribution in [3.05, 3.63) is 125 Å². The Hall–Kier alpha value is -4.09. The van der Waals surface area contributed by atoms with E-state index in [4.69, 9.17) is 9.47 Å². The second-order valence-electron chi connectivity index (χ2n) is 8.57. The minimum atomic E-state index is -0.916. The summed E-state index contributed by atoms with van der Waals surface area (Å²) in [6, 6.07) is 32.5. The maximum absolute atomic E-state index is 13.9. The van der Waals surface area contributed by atoms with Crippen LogP contribution in [0.5, 0.6) is 11.5 Å². The van der Waals surface area contributed by atoms with Gasteiger partial charge in [-0.1, -0.05) is 60.7 Å². The van der Waals surface area contributed by atoms with Gasteiger partial charge in [-0.2, -0.15) is 0 Å². The lowest BCUT2D eigenvalue weighted by Crippen LogP contribution is -2.46. The highest BCUT2D eigenvalue weighted by molar-refractivity contribution is 6.13. The first-order valence-corrected chi connectivity index (χ1v) is 11.3. The molecule has 4 aromatic rings. The van der Waals surface area contributed by atoms with Gasteiger partial charge in [0.1, 0.15) is 29.7 Å². The monoisotopic (exact) mass is 449 g/mol. The van der Waals surface area contributed by atoms with Crippen LogP contribution >= 0.6 is 0 Å². The van der Waals surface area contributed by atoms with Crippen LogP contribution < -0.4 is 9.64 Å². The van der Waals surface area contributed by atoms with Crippen LogP contribution in [0.3, 0.4) is 0 Å². The number of para-hydroxylation sites is 1. The summed E-state index contributed by atoms with van der Waals surface area (Å²) in [5.74, 6) is 0.860. The summed E-state index contributed by atoms with van der Waals surface area (Å²) >= 11 is 0. The van der Waals surface area contributed by atoms with Gasteiger partial charge in [0.2, 0.25) is 0 Å². The van der Waals surface area contributed by atoms with E-state index in [1.54, 1.807) is 12.1 Å². The number of carbonyl (C=O) groups excluding carboxylic acids is 1. The van der Waals surface area contributed by atoms with Gasteiger partial charge in [-0.05, 0) is 59.2 Å². The number of phenols is 1. The van der Waals surface area contributed by atoms with E-state index in [2.05, 4.69) is 0 Å². The Bertz CT molecular complexity index is 1330. The van der Waals surface area contributed by atoms with E-state index in [1.165, 1.54) is 0 Å². The summed E-state index contributed by atoms with van der Waals surface area (Å²) in [4.78, 5) is 15.8. The average Bonchev–Trinajstić information content (AvgIpc) is 3.68. The fraction of sp³-hybridized carbons (Fsp3) is 0.138. The third-order valence-corrected chi connectivity index (χ3v) is 6.50. The fourth-order valence-electron chi connectivity index (χ4n) is 4.85. The molecule has 1 saturated heterocycles. The standard InChI is InChI=1S/C29H23NO4/c31-23-14-10-20(11-15-23)29(21-12-16-24(17-13-21)33-18-25-19-34-25)27-9-5-4-8-26(27)28(32)30(29)22-6-2-1-3-7-22/h1-17,25,31H,18-19H2. The van der Waals surface area contributed by atoms with E-state index in [-0.39, 0.29) is 17.8 Å². The lowest BCUT2D eigenvalue weighted by Gasteiger charge is -2.40. The van der Waals surface area contributed by atoms with Crippen LogP contribution in [0.15, 0.2) is 103 Å². The summed E-state index contributed by atoms with van der Waals surface area (Å²) in [5, 5.41) is 10.0. The summed E-state index contributed by atoms with van der Waals surface area (Å²) in [6.45, 7) is 1.27. The van der Waals surface area contributed by atoms with Crippen molar-refractivity contribution < 1.29 is 19.4 Å². The number of nitrogens with zero attached hydrogens (tertiary/aromatic N) is 1. The second kappa shape index (κ2) is 8.04. The molecule has 0 radical (unpaired) electrons. The molecule has 5 heteroatoms. The number of ether oxygens (including phenoxy) is 2. The van der Waals surface area contributed by atoms with Crippen LogP contribution in [0, 0.1) is 0 Å². The number of aromatic hydroxyl groups is 1. The van der Waals surface area contributed by atoms with E-state index in [9.17, 15) is 9.90 Å². The molecular weight excluding hydrogens is 426 g/mol. The number of hydrogen-bond acceptors (Lipinski definition) is 4. The smallest absolute Gasteiger partial charge is 0.260 e. The number of benzene rings is 4. The molecule has 6 rings (SSSR count). The Morgan fingerprint density at radius 2 is 1.47 bits per heavy atom. The Morgan fingerprint density at radius 3 is 2.15 bits per heavy atom. The van der Waals surface area contributed by atoms with Gasteiger partial charge in [0, 0.05) is 11.3 Å². The highest BCUT2D eigenvalue weighted by atomic mass is 16.6. The van der Waals surface area contributed by atoms with Crippen molar-refractivity contribution in [1.29, 1.82) is 0 Å². The zero-order valence-electron chi connectivity index (χ0n) is 18.4. The molecule has 2 aliphatic rings. The van der Waals surface area contributed by atoms with E-state index in [0.29, 0.717) is 12.2 Å². The number of hydrogen-bond donors (Lipinski definition) is 1. The average molecular weight is 450 g/mol. The Labute approximate surface area is 197 Å². The fourth-order valence-corrected chi connectivity index (χ4v) is 4.85. The molecule has 1 amide bonds. The van der Waals surface area contributed by atoms with E-state index < -0.39 is 5.54 Å². The maximum atomic E-state index is 13.9. The summed E-state index contributed by atoms with van der Waals surface area (Å²) in [7, 11) is 0. The number of rotatable bonds is 6. The molecular formula is C29H23NO4. The van der Waals surface area contributed by atoms with Crippen molar-refractivity contribution in [3.8, 4) is 11.5 Å². The number of epoxide rings is 1. The van der Waals surface area contributed by atoms with Crippen molar-refractivity contribution in [3.63, 3.8) is 0 Å². The molecule has 0 aromatic heterocycles. The van der Waals surface area contributed by atoms with Crippen LogP contribution in [-0.4, -0.2) is 30.3 Å². The Morgan fingerprint density at radius 1 is 0.853 bits per heavy atom. The zero-order valence-corrected chi connectivity index (χ0v) is 18.4. The van der Waals surface area contributed by atoms with E-state index in [0.717, 1.165) is 34.7 Å². The summed E-state index contributed by atoms with van der Waals surface area (Å²) < 4.78 is 11.1. The van der Waals surface area contributed by atoms with Gasteiger partial charge in [0.25, 0.3) is 5.91 Å². The van der Waals surface area contributed by atoms with Gasteiger partial charge >= 0.3 is 0 Å². The highest BCUT2D eigenvalue weighted by Gasteiger charge is 2.52. The normalized spacial score (nSPS) is 20.8. The predicted octanol–water partition coefficient (Wildman–Crippen LogP) is 5.12. The van der Waals surface area contributed by atoms with E-state index in [1.807, 2.05) is 95.9 Å².